The molecule has 0 saturated heterocycles. The molecule has 0 amide bonds. The Balaban J connectivity index is 2.97. The Hall–Kier alpha value is -1.06. The Morgan fingerprint density at radius 1 is 0.947 bits per heavy atom. The molecule has 0 aromatic rings. The van der Waals surface area contributed by atoms with Crippen molar-refractivity contribution in [3.05, 3.63) is 0 Å². The van der Waals surface area contributed by atoms with E-state index in [1.54, 1.807) is 6.92 Å². The Morgan fingerprint density at radius 3 is 1.84 bits per heavy atom. The van der Waals surface area contributed by atoms with Gasteiger partial charge in [-0.1, -0.05) is 19.8 Å². The van der Waals surface area contributed by atoms with Gasteiger partial charge < -0.3 is 9.47 Å². The van der Waals surface area contributed by atoms with Gasteiger partial charge in [0.15, 0.2) is 0 Å². The normalized spacial score (nSPS) is 30.7. The second-order valence-corrected chi connectivity index (χ2v) is 5.73. The smallest absolute Gasteiger partial charge is 0.312 e. The Kier molecular flexibility index (Phi) is 5.39. The number of ether oxygens (including phenoxy) is 2. The SMILES string of the molecule is CCCOC(=O)C1(C)CCCCC1(C)C(=O)OCC. The lowest BCUT2D eigenvalue weighted by atomic mass is 9.57. The lowest BCUT2D eigenvalue weighted by Gasteiger charge is -2.45. The van der Waals surface area contributed by atoms with Gasteiger partial charge in [-0.15, -0.1) is 0 Å². The van der Waals surface area contributed by atoms with E-state index in [-0.39, 0.29) is 11.9 Å². The third-order valence-electron chi connectivity index (χ3n) is 4.44. The minimum absolute atomic E-state index is 0.260. The zero-order chi connectivity index (χ0) is 14.5. The van der Waals surface area contributed by atoms with E-state index in [1.165, 1.54) is 0 Å². The molecule has 0 aromatic carbocycles. The van der Waals surface area contributed by atoms with E-state index in [1.807, 2.05) is 20.8 Å². The number of hydrogen-bond donors (Lipinski definition) is 0. The van der Waals surface area contributed by atoms with Gasteiger partial charge in [0.05, 0.1) is 24.0 Å². The van der Waals surface area contributed by atoms with Crippen molar-refractivity contribution in [1.82, 2.24) is 0 Å². The summed E-state index contributed by atoms with van der Waals surface area (Å²) in [6, 6.07) is 0. The fourth-order valence-corrected chi connectivity index (χ4v) is 2.81. The molecule has 19 heavy (non-hydrogen) atoms. The highest BCUT2D eigenvalue weighted by Crippen LogP contribution is 2.52. The van der Waals surface area contributed by atoms with Gasteiger partial charge in [0.25, 0.3) is 0 Å². The second-order valence-electron chi connectivity index (χ2n) is 5.73. The lowest BCUT2D eigenvalue weighted by molar-refractivity contribution is -0.183. The van der Waals surface area contributed by atoms with Crippen LogP contribution in [0, 0.1) is 10.8 Å². The van der Waals surface area contributed by atoms with E-state index in [2.05, 4.69) is 0 Å². The van der Waals surface area contributed by atoms with E-state index >= 15 is 0 Å². The van der Waals surface area contributed by atoms with Crippen LogP contribution in [0.3, 0.4) is 0 Å². The maximum absolute atomic E-state index is 12.4. The molecule has 0 spiro atoms. The van der Waals surface area contributed by atoms with Crippen molar-refractivity contribution >= 4 is 11.9 Å². The van der Waals surface area contributed by atoms with Crippen LogP contribution in [0.2, 0.25) is 0 Å². The van der Waals surface area contributed by atoms with E-state index < -0.39 is 10.8 Å². The monoisotopic (exact) mass is 270 g/mol. The topological polar surface area (TPSA) is 52.6 Å². The van der Waals surface area contributed by atoms with Gasteiger partial charge in [0.2, 0.25) is 0 Å². The molecule has 4 heteroatoms. The summed E-state index contributed by atoms with van der Waals surface area (Å²) in [5.41, 5.74) is -1.54. The van der Waals surface area contributed by atoms with E-state index in [0.717, 1.165) is 19.3 Å². The summed E-state index contributed by atoms with van der Waals surface area (Å²) in [6.45, 7) is 8.19. The van der Waals surface area contributed by atoms with Crippen LogP contribution in [0.25, 0.3) is 0 Å². The molecule has 1 aliphatic carbocycles. The van der Waals surface area contributed by atoms with Crippen LogP contribution in [-0.4, -0.2) is 25.2 Å². The summed E-state index contributed by atoms with van der Waals surface area (Å²) < 4.78 is 10.5. The van der Waals surface area contributed by atoms with Crippen LogP contribution < -0.4 is 0 Å². The molecular weight excluding hydrogens is 244 g/mol. The van der Waals surface area contributed by atoms with E-state index in [9.17, 15) is 9.59 Å². The molecule has 0 aromatic heterocycles. The van der Waals surface area contributed by atoms with Crippen LogP contribution in [-0.2, 0) is 19.1 Å². The molecule has 0 heterocycles. The number of carbonyl (C=O) groups is 2. The van der Waals surface area contributed by atoms with Crippen molar-refractivity contribution in [3.8, 4) is 0 Å². The molecule has 1 saturated carbocycles. The molecule has 1 fully saturated rings. The van der Waals surface area contributed by atoms with Gasteiger partial charge in [0, 0.05) is 0 Å². The minimum Gasteiger partial charge on any atom is -0.466 e. The van der Waals surface area contributed by atoms with Crippen molar-refractivity contribution in [2.45, 2.75) is 59.8 Å². The molecule has 0 radical (unpaired) electrons. The second kappa shape index (κ2) is 6.40. The lowest BCUT2D eigenvalue weighted by Crippen LogP contribution is -2.52. The zero-order valence-electron chi connectivity index (χ0n) is 12.6. The average molecular weight is 270 g/mol. The van der Waals surface area contributed by atoms with Crippen molar-refractivity contribution < 1.29 is 19.1 Å². The molecular formula is C15H26O4. The predicted molar refractivity (Wildman–Crippen MR) is 72.6 cm³/mol. The van der Waals surface area contributed by atoms with Crippen molar-refractivity contribution in [2.24, 2.45) is 10.8 Å². The summed E-state index contributed by atoms with van der Waals surface area (Å²) in [6.07, 6.45) is 4.06. The molecule has 0 bridgehead atoms. The third kappa shape index (κ3) is 2.93. The first-order chi connectivity index (χ1) is 8.92. The Labute approximate surface area is 115 Å². The number of rotatable bonds is 5. The Bertz CT molecular complexity index is 339. The molecule has 110 valence electrons. The van der Waals surface area contributed by atoms with E-state index in [4.69, 9.17) is 9.47 Å². The maximum atomic E-state index is 12.4. The molecule has 0 aliphatic heterocycles. The average Bonchev–Trinajstić information content (AvgIpc) is 2.39. The molecule has 4 nitrogen and oxygen atoms in total. The minimum atomic E-state index is -0.772. The highest BCUT2D eigenvalue weighted by Gasteiger charge is 2.57. The largest absolute Gasteiger partial charge is 0.466 e. The van der Waals surface area contributed by atoms with Gasteiger partial charge >= 0.3 is 11.9 Å². The maximum Gasteiger partial charge on any atom is 0.312 e. The molecule has 1 aliphatic rings. The fraction of sp³-hybridized carbons (Fsp3) is 0.867. The number of esters is 2. The van der Waals surface area contributed by atoms with Crippen LogP contribution >= 0.6 is 0 Å². The predicted octanol–water partition coefficient (Wildman–Crippen LogP) is 3.09. The summed E-state index contributed by atoms with van der Waals surface area (Å²) in [5, 5.41) is 0. The van der Waals surface area contributed by atoms with Crippen LogP contribution in [0.5, 0.6) is 0 Å². The molecule has 2 unspecified atom stereocenters. The summed E-state index contributed by atoms with van der Waals surface area (Å²) in [4.78, 5) is 24.7. The van der Waals surface area contributed by atoms with E-state index in [0.29, 0.717) is 26.1 Å². The van der Waals surface area contributed by atoms with Crippen molar-refractivity contribution in [3.63, 3.8) is 0 Å². The summed E-state index contributed by atoms with van der Waals surface area (Å²) >= 11 is 0. The molecule has 1 rings (SSSR count). The third-order valence-corrected chi connectivity index (χ3v) is 4.44. The quantitative estimate of drug-likeness (QED) is 0.720. The first-order valence-electron chi connectivity index (χ1n) is 7.27. The standard InChI is InChI=1S/C15H26O4/c1-5-11-19-13(17)15(4)10-8-7-9-14(15,3)12(16)18-6-2/h5-11H2,1-4H3. The first-order valence-corrected chi connectivity index (χ1v) is 7.27. The van der Waals surface area contributed by atoms with Gasteiger partial charge in [0.1, 0.15) is 0 Å². The number of carbonyl (C=O) groups excluding carboxylic acids is 2. The van der Waals surface area contributed by atoms with Gasteiger partial charge in [-0.05, 0) is 40.0 Å². The van der Waals surface area contributed by atoms with Gasteiger partial charge in [-0.3, -0.25) is 9.59 Å². The summed E-state index contributed by atoms with van der Waals surface area (Å²) in [5.74, 6) is -0.532. The van der Waals surface area contributed by atoms with Crippen LogP contribution in [0.4, 0.5) is 0 Å². The molecule has 0 N–H and O–H groups in total. The van der Waals surface area contributed by atoms with Crippen LogP contribution in [0.15, 0.2) is 0 Å². The first kappa shape index (κ1) is 16.0. The zero-order valence-corrected chi connectivity index (χ0v) is 12.6. The van der Waals surface area contributed by atoms with Crippen LogP contribution in [0.1, 0.15) is 59.8 Å². The number of hydrogen-bond acceptors (Lipinski definition) is 4. The Morgan fingerprint density at radius 2 is 1.42 bits per heavy atom. The highest BCUT2D eigenvalue weighted by atomic mass is 16.5. The highest BCUT2D eigenvalue weighted by molar-refractivity contribution is 5.88. The van der Waals surface area contributed by atoms with Gasteiger partial charge in [-0.25, -0.2) is 0 Å². The fourth-order valence-electron chi connectivity index (χ4n) is 2.81. The molecule has 2 atom stereocenters. The van der Waals surface area contributed by atoms with Crippen molar-refractivity contribution in [2.75, 3.05) is 13.2 Å². The van der Waals surface area contributed by atoms with Crippen molar-refractivity contribution in [1.29, 1.82) is 0 Å². The summed E-state index contributed by atoms with van der Waals surface area (Å²) in [7, 11) is 0. The van der Waals surface area contributed by atoms with Gasteiger partial charge in [-0.2, -0.15) is 0 Å².